The highest BCUT2D eigenvalue weighted by Crippen LogP contribution is 2.55. The van der Waals surface area contributed by atoms with E-state index in [1.165, 1.54) is 32.3 Å². The number of hydrogen-bond donors (Lipinski definition) is 0. The summed E-state index contributed by atoms with van der Waals surface area (Å²) in [5, 5.41) is 5.69. The van der Waals surface area contributed by atoms with Crippen LogP contribution in [0.4, 0.5) is 0 Å². The van der Waals surface area contributed by atoms with Crippen molar-refractivity contribution >= 4 is 28.5 Å². The van der Waals surface area contributed by atoms with Crippen LogP contribution in [0.3, 0.4) is 0 Å². The standard InChI is InChI=1S/C26H24P/c1-21-13-9-11-19-25(21)27(23-15-5-3-6-16-23,24-17-7-4-8-18-24)26-20-12-10-14-22(26)2/h3-20H,1-2H3/q+1. The van der Waals surface area contributed by atoms with Gasteiger partial charge in [0.15, 0.2) is 0 Å². The predicted octanol–water partition coefficient (Wildman–Crippen LogP) is 4.92. The summed E-state index contributed by atoms with van der Waals surface area (Å²) in [4.78, 5) is 0. The van der Waals surface area contributed by atoms with Crippen LogP contribution in [0.25, 0.3) is 0 Å². The molecule has 0 aromatic heterocycles. The van der Waals surface area contributed by atoms with Crippen LogP contribution in [-0.2, 0) is 0 Å². The molecule has 0 saturated carbocycles. The quantitative estimate of drug-likeness (QED) is 0.449. The Kier molecular flexibility index (Phi) is 4.92. The lowest BCUT2D eigenvalue weighted by Crippen LogP contribution is -2.40. The monoisotopic (exact) mass is 367 g/mol. The molecular weight excluding hydrogens is 343 g/mol. The Morgan fingerprint density at radius 2 is 0.741 bits per heavy atom. The summed E-state index contributed by atoms with van der Waals surface area (Å²) in [6.45, 7) is 4.49. The van der Waals surface area contributed by atoms with Gasteiger partial charge < -0.3 is 0 Å². The fourth-order valence-corrected chi connectivity index (χ4v) is 8.75. The molecule has 0 heterocycles. The van der Waals surface area contributed by atoms with E-state index in [0.717, 1.165) is 0 Å². The van der Waals surface area contributed by atoms with E-state index in [1.807, 2.05) is 0 Å². The molecular formula is C26H24P+. The number of rotatable bonds is 4. The van der Waals surface area contributed by atoms with Crippen LogP contribution >= 0.6 is 7.26 Å². The molecule has 0 radical (unpaired) electrons. The second-order valence-corrected chi connectivity index (χ2v) is 10.3. The highest BCUT2D eigenvalue weighted by molar-refractivity contribution is 8.01. The van der Waals surface area contributed by atoms with Crippen molar-refractivity contribution in [2.75, 3.05) is 0 Å². The molecule has 0 aliphatic carbocycles. The zero-order valence-electron chi connectivity index (χ0n) is 15.8. The molecule has 0 aliphatic rings. The van der Waals surface area contributed by atoms with Crippen LogP contribution in [-0.4, -0.2) is 0 Å². The molecule has 0 aliphatic heterocycles. The van der Waals surface area contributed by atoms with Crippen LogP contribution in [0.5, 0.6) is 0 Å². The van der Waals surface area contributed by atoms with E-state index in [4.69, 9.17) is 0 Å². The van der Waals surface area contributed by atoms with Gasteiger partial charge in [-0.3, -0.25) is 0 Å². The second kappa shape index (κ2) is 7.51. The van der Waals surface area contributed by atoms with Gasteiger partial charge in [-0.2, -0.15) is 0 Å². The molecule has 1 heteroatoms. The fourth-order valence-electron chi connectivity index (χ4n) is 4.02. The Hall–Kier alpha value is -2.69. The third kappa shape index (κ3) is 3.01. The highest BCUT2D eigenvalue weighted by Gasteiger charge is 2.49. The minimum absolute atomic E-state index is 1.35. The molecule has 0 nitrogen and oxygen atoms in total. The first-order valence-electron chi connectivity index (χ1n) is 9.37. The average Bonchev–Trinajstić information content (AvgIpc) is 2.73. The van der Waals surface area contributed by atoms with Gasteiger partial charge in [-0.1, -0.05) is 72.8 Å². The maximum absolute atomic E-state index is 2.33. The summed E-state index contributed by atoms with van der Waals surface area (Å²) in [5.41, 5.74) is 2.70. The van der Waals surface area contributed by atoms with Crippen molar-refractivity contribution in [3.05, 3.63) is 120 Å². The minimum Gasteiger partial charge on any atom is -0.0620 e. The van der Waals surface area contributed by atoms with Gasteiger partial charge in [-0.15, -0.1) is 0 Å². The Labute approximate surface area is 162 Å². The van der Waals surface area contributed by atoms with E-state index < -0.39 is 7.26 Å². The maximum Gasteiger partial charge on any atom is 0.144 e. The van der Waals surface area contributed by atoms with E-state index in [0.29, 0.717) is 0 Å². The molecule has 0 amide bonds. The number of hydrogen-bond acceptors (Lipinski definition) is 0. The lowest BCUT2D eigenvalue weighted by atomic mass is 10.2. The van der Waals surface area contributed by atoms with Gasteiger partial charge in [0.1, 0.15) is 28.5 Å². The first-order valence-corrected chi connectivity index (χ1v) is 11.2. The smallest absolute Gasteiger partial charge is 0.0620 e. The van der Waals surface area contributed by atoms with Gasteiger partial charge in [-0.05, 0) is 61.4 Å². The molecule has 4 aromatic rings. The van der Waals surface area contributed by atoms with Crippen LogP contribution in [0.15, 0.2) is 109 Å². The molecule has 4 rings (SSSR count). The lowest BCUT2D eigenvalue weighted by Gasteiger charge is -2.29. The summed E-state index contributed by atoms with van der Waals surface area (Å²) in [6, 6.07) is 39.9. The molecule has 27 heavy (non-hydrogen) atoms. The van der Waals surface area contributed by atoms with E-state index in [-0.39, 0.29) is 0 Å². The molecule has 132 valence electrons. The largest absolute Gasteiger partial charge is 0.144 e. The zero-order chi connectivity index (χ0) is 18.7. The molecule has 0 atom stereocenters. The SMILES string of the molecule is Cc1ccccc1[P+](c1ccccc1)(c1ccccc1)c1ccccc1C. The molecule has 0 spiro atoms. The average molecular weight is 367 g/mol. The van der Waals surface area contributed by atoms with E-state index >= 15 is 0 Å². The molecule has 0 N–H and O–H groups in total. The lowest BCUT2D eigenvalue weighted by molar-refractivity contribution is 1.50. The maximum atomic E-state index is 2.33. The third-order valence-electron chi connectivity index (χ3n) is 5.24. The summed E-state index contributed by atoms with van der Waals surface area (Å²) in [5.74, 6) is 0. The van der Waals surface area contributed by atoms with Crippen molar-refractivity contribution in [1.29, 1.82) is 0 Å². The Morgan fingerprint density at radius 3 is 1.11 bits per heavy atom. The van der Waals surface area contributed by atoms with Gasteiger partial charge in [0, 0.05) is 0 Å². The van der Waals surface area contributed by atoms with E-state index in [2.05, 4.69) is 123 Å². The van der Waals surface area contributed by atoms with Gasteiger partial charge >= 0.3 is 0 Å². The topological polar surface area (TPSA) is 0 Å². The zero-order valence-corrected chi connectivity index (χ0v) is 16.7. The molecule has 4 aromatic carbocycles. The molecule has 0 fully saturated rings. The van der Waals surface area contributed by atoms with Crippen molar-refractivity contribution in [3.8, 4) is 0 Å². The van der Waals surface area contributed by atoms with E-state index in [9.17, 15) is 0 Å². The van der Waals surface area contributed by atoms with Gasteiger partial charge in [0.25, 0.3) is 0 Å². The summed E-state index contributed by atoms with van der Waals surface area (Å²) in [6.07, 6.45) is 0. The Morgan fingerprint density at radius 1 is 0.407 bits per heavy atom. The third-order valence-corrected chi connectivity index (χ3v) is 9.84. The highest BCUT2D eigenvalue weighted by atomic mass is 31.2. The minimum atomic E-state index is -1.98. The number of benzene rings is 4. The first kappa shape index (κ1) is 17.7. The van der Waals surface area contributed by atoms with Gasteiger partial charge in [0.2, 0.25) is 0 Å². The van der Waals surface area contributed by atoms with E-state index in [1.54, 1.807) is 0 Å². The number of aryl methyl sites for hydroxylation is 2. The molecule has 0 bridgehead atoms. The summed E-state index contributed by atoms with van der Waals surface area (Å²) in [7, 11) is -1.98. The van der Waals surface area contributed by atoms with Gasteiger partial charge in [-0.25, -0.2) is 0 Å². The first-order chi connectivity index (χ1) is 13.2. The van der Waals surface area contributed by atoms with Crippen LogP contribution in [0, 0.1) is 13.8 Å². The van der Waals surface area contributed by atoms with Crippen molar-refractivity contribution in [2.45, 2.75) is 13.8 Å². The van der Waals surface area contributed by atoms with Crippen LogP contribution < -0.4 is 21.2 Å². The Balaban J connectivity index is 2.20. The van der Waals surface area contributed by atoms with Crippen molar-refractivity contribution in [2.24, 2.45) is 0 Å². The normalized spacial score (nSPS) is 11.3. The van der Waals surface area contributed by atoms with Gasteiger partial charge in [0.05, 0.1) is 0 Å². The van der Waals surface area contributed by atoms with Crippen LogP contribution in [0.2, 0.25) is 0 Å². The molecule has 0 saturated heterocycles. The summed E-state index contributed by atoms with van der Waals surface area (Å²) >= 11 is 0. The van der Waals surface area contributed by atoms with Crippen molar-refractivity contribution < 1.29 is 0 Å². The fraction of sp³-hybridized carbons (Fsp3) is 0.0769. The van der Waals surface area contributed by atoms with Crippen molar-refractivity contribution in [1.82, 2.24) is 0 Å². The predicted molar refractivity (Wildman–Crippen MR) is 121 cm³/mol. The van der Waals surface area contributed by atoms with Crippen molar-refractivity contribution in [3.63, 3.8) is 0 Å². The van der Waals surface area contributed by atoms with Crippen LogP contribution in [0.1, 0.15) is 11.1 Å². The second-order valence-electron chi connectivity index (χ2n) is 6.91. The molecule has 0 unspecified atom stereocenters. The Bertz CT molecular complexity index is 949. The summed E-state index contributed by atoms with van der Waals surface area (Å²) < 4.78 is 0.